The number of alkyl halides is 2. The zero-order valence-electron chi connectivity index (χ0n) is 16.8. The molecule has 1 aliphatic rings. The molecule has 1 amide bonds. The smallest absolute Gasteiger partial charge is 0.349 e. The number of amides is 1. The molecule has 0 bridgehead atoms. The Morgan fingerprint density at radius 2 is 1.81 bits per heavy atom. The van der Waals surface area contributed by atoms with Gasteiger partial charge in [-0.15, -0.1) is 11.3 Å². The number of carbonyl (C=O) groups is 1. The van der Waals surface area contributed by atoms with E-state index in [0.717, 1.165) is 25.7 Å². The summed E-state index contributed by atoms with van der Waals surface area (Å²) in [5.41, 5.74) is -2.83. The lowest BCUT2D eigenvalue weighted by Gasteiger charge is -2.32. The molecule has 0 unspecified atom stereocenters. The van der Waals surface area contributed by atoms with Gasteiger partial charge >= 0.3 is 13.3 Å². The number of halogens is 3. The largest absolute Gasteiger partial charge is 0.400 e. The third-order valence-electron chi connectivity index (χ3n) is 5.84. The maximum atomic E-state index is 14.3. The fraction of sp³-hybridized carbons (Fsp3) is 0.318. The molecule has 0 saturated heterocycles. The summed E-state index contributed by atoms with van der Waals surface area (Å²) in [6.07, 6.45) is 3.94. The van der Waals surface area contributed by atoms with Crippen molar-refractivity contribution in [3.8, 4) is 0 Å². The second-order valence-corrected chi connectivity index (χ2v) is 11.4. The summed E-state index contributed by atoms with van der Waals surface area (Å²) < 4.78 is 40.1. The number of thiophene rings is 1. The third kappa shape index (κ3) is 4.41. The molecule has 4 rings (SSSR count). The van der Waals surface area contributed by atoms with Gasteiger partial charge in [0.1, 0.15) is 4.88 Å². The highest BCUT2D eigenvalue weighted by Crippen LogP contribution is 2.62. The third-order valence-corrected chi connectivity index (χ3v) is 9.27. The number of carbonyl (C=O) groups excluding carboxylic acids is 1. The predicted octanol–water partition coefficient (Wildman–Crippen LogP) is 6.35. The van der Waals surface area contributed by atoms with Crippen LogP contribution in [0.2, 0.25) is 0 Å². The molecule has 0 spiro atoms. The van der Waals surface area contributed by atoms with E-state index in [4.69, 9.17) is 9.79 Å². The SMILES string of the molecule is O=C(N[C@@H]1CCCC[C@H]1c1ccccc1)c1ccc2sc(C(F)(F)P(=O)(O)O)c(Br)c2c1. The van der Waals surface area contributed by atoms with Gasteiger partial charge in [-0.25, -0.2) is 0 Å². The van der Waals surface area contributed by atoms with Crippen molar-refractivity contribution >= 4 is 50.9 Å². The molecule has 1 heterocycles. The van der Waals surface area contributed by atoms with E-state index in [1.807, 2.05) is 18.2 Å². The van der Waals surface area contributed by atoms with Crippen molar-refractivity contribution in [3.05, 3.63) is 69.0 Å². The minimum atomic E-state index is -5.70. The molecular weight excluding hydrogens is 523 g/mol. The Labute approximate surface area is 196 Å². The zero-order chi connectivity index (χ0) is 23.1. The summed E-state index contributed by atoms with van der Waals surface area (Å²) in [7, 11) is -5.70. The van der Waals surface area contributed by atoms with Gasteiger partial charge in [0.2, 0.25) is 0 Å². The van der Waals surface area contributed by atoms with Crippen molar-refractivity contribution in [1.82, 2.24) is 5.32 Å². The van der Waals surface area contributed by atoms with Crippen LogP contribution in [0, 0.1) is 0 Å². The lowest BCUT2D eigenvalue weighted by Crippen LogP contribution is -2.41. The van der Waals surface area contributed by atoms with E-state index in [9.17, 15) is 18.1 Å². The summed E-state index contributed by atoms with van der Waals surface area (Å²) >= 11 is 3.65. The molecule has 32 heavy (non-hydrogen) atoms. The summed E-state index contributed by atoms with van der Waals surface area (Å²) in [6, 6.07) is 14.6. The highest BCUT2D eigenvalue weighted by atomic mass is 79.9. The molecule has 1 aromatic heterocycles. The second-order valence-electron chi connectivity index (χ2n) is 7.92. The Kier molecular flexibility index (Phi) is 6.58. The van der Waals surface area contributed by atoms with E-state index in [-0.39, 0.29) is 22.3 Å². The molecule has 2 aromatic carbocycles. The predicted molar refractivity (Wildman–Crippen MR) is 124 cm³/mol. The van der Waals surface area contributed by atoms with Gasteiger partial charge in [-0.2, -0.15) is 8.78 Å². The average Bonchev–Trinajstić information content (AvgIpc) is 3.10. The van der Waals surface area contributed by atoms with Crippen LogP contribution in [0.4, 0.5) is 8.78 Å². The summed E-state index contributed by atoms with van der Waals surface area (Å²) in [4.78, 5) is 30.4. The molecule has 0 radical (unpaired) electrons. The Morgan fingerprint density at radius 1 is 1.12 bits per heavy atom. The molecule has 1 fully saturated rings. The number of hydrogen-bond acceptors (Lipinski definition) is 3. The van der Waals surface area contributed by atoms with Crippen LogP contribution >= 0.6 is 34.9 Å². The average molecular weight is 544 g/mol. The molecule has 5 nitrogen and oxygen atoms in total. The van der Waals surface area contributed by atoms with E-state index < -0.39 is 18.1 Å². The van der Waals surface area contributed by atoms with E-state index in [1.165, 1.54) is 17.7 Å². The fourth-order valence-electron chi connectivity index (χ4n) is 4.19. The normalized spacial score (nSPS) is 19.8. The summed E-state index contributed by atoms with van der Waals surface area (Å²) in [5, 5.41) is 3.42. The van der Waals surface area contributed by atoms with Crippen LogP contribution in [0.25, 0.3) is 10.1 Å². The van der Waals surface area contributed by atoms with Crippen molar-refractivity contribution in [2.45, 2.75) is 43.3 Å². The summed E-state index contributed by atoms with van der Waals surface area (Å²) in [5.74, 6) is -0.0970. The van der Waals surface area contributed by atoms with E-state index in [2.05, 4.69) is 33.4 Å². The molecule has 170 valence electrons. The topological polar surface area (TPSA) is 86.6 Å². The summed E-state index contributed by atoms with van der Waals surface area (Å²) in [6.45, 7) is 0. The van der Waals surface area contributed by atoms with Gasteiger partial charge in [0.15, 0.2) is 0 Å². The first-order chi connectivity index (χ1) is 15.1. The molecule has 2 atom stereocenters. The van der Waals surface area contributed by atoms with Crippen LogP contribution in [0.15, 0.2) is 53.0 Å². The molecule has 1 saturated carbocycles. The van der Waals surface area contributed by atoms with Crippen LogP contribution in [0.5, 0.6) is 0 Å². The first-order valence-electron chi connectivity index (χ1n) is 10.1. The standard InChI is InChI=1S/C22H21BrF2NO4PS/c23-19-16-12-14(10-11-18(16)32-20(19)22(24,25)31(28,29)30)21(27)26-17-9-5-4-8-15(17)13-6-2-1-3-7-13/h1-3,6-7,10-12,15,17H,4-5,8-9H2,(H,26,27)(H2,28,29,30)/t15-,17+/m0/s1. The van der Waals surface area contributed by atoms with Gasteiger partial charge in [0, 0.05) is 32.1 Å². The van der Waals surface area contributed by atoms with Crippen LogP contribution in [0.1, 0.15) is 52.4 Å². The number of rotatable bonds is 5. The molecule has 10 heteroatoms. The number of nitrogens with one attached hydrogen (secondary N) is 1. The fourth-order valence-corrected chi connectivity index (χ4v) is 7.11. The van der Waals surface area contributed by atoms with Crippen molar-refractivity contribution in [1.29, 1.82) is 0 Å². The molecule has 0 aliphatic heterocycles. The number of benzene rings is 2. The Bertz CT molecular complexity index is 1200. The van der Waals surface area contributed by atoms with Crippen molar-refractivity contribution < 1.29 is 27.9 Å². The monoisotopic (exact) mass is 543 g/mol. The van der Waals surface area contributed by atoms with Gasteiger partial charge in [-0.05, 0) is 52.5 Å². The Morgan fingerprint density at radius 3 is 2.50 bits per heavy atom. The number of hydrogen-bond donors (Lipinski definition) is 3. The van der Waals surface area contributed by atoms with Crippen LogP contribution in [-0.4, -0.2) is 21.7 Å². The van der Waals surface area contributed by atoms with Gasteiger partial charge in [0.25, 0.3) is 5.91 Å². The molecular formula is C22H21BrF2NO4PS. The van der Waals surface area contributed by atoms with Crippen LogP contribution < -0.4 is 5.32 Å². The van der Waals surface area contributed by atoms with Gasteiger partial charge in [-0.3, -0.25) is 9.36 Å². The highest BCUT2D eigenvalue weighted by Gasteiger charge is 2.53. The van der Waals surface area contributed by atoms with Gasteiger partial charge in [0.05, 0.1) is 0 Å². The van der Waals surface area contributed by atoms with Gasteiger partial charge in [-0.1, -0.05) is 43.2 Å². The molecule has 3 N–H and O–H groups in total. The minimum Gasteiger partial charge on any atom is -0.349 e. The van der Waals surface area contributed by atoms with E-state index >= 15 is 0 Å². The highest BCUT2D eigenvalue weighted by molar-refractivity contribution is 9.10. The second kappa shape index (κ2) is 8.95. The van der Waals surface area contributed by atoms with Crippen LogP contribution in [0.3, 0.4) is 0 Å². The van der Waals surface area contributed by atoms with Gasteiger partial charge < -0.3 is 15.1 Å². The maximum absolute atomic E-state index is 14.3. The quantitative estimate of drug-likeness (QED) is 0.327. The first-order valence-corrected chi connectivity index (χ1v) is 13.3. The number of fused-ring (bicyclic) bond motifs is 1. The van der Waals surface area contributed by atoms with E-state index in [0.29, 0.717) is 27.0 Å². The Hall–Kier alpha value is -1.64. The van der Waals surface area contributed by atoms with Crippen LogP contribution in [-0.2, 0) is 10.2 Å². The zero-order valence-corrected chi connectivity index (χ0v) is 20.1. The van der Waals surface area contributed by atoms with Crippen molar-refractivity contribution in [2.75, 3.05) is 0 Å². The molecule has 3 aromatic rings. The first kappa shape index (κ1) is 23.5. The van der Waals surface area contributed by atoms with Crippen molar-refractivity contribution in [2.24, 2.45) is 0 Å². The Balaban J connectivity index is 1.61. The molecule has 1 aliphatic carbocycles. The lowest BCUT2D eigenvalue weighted by molar-refractivity contribution is 0.0595. The lowest BCUT2D eigenvalue weighted by atomic mass is 9.80. The maximum Gasteiger partial charge on any atom is 0.400 e. The van der Waals surface area contributed by atoms with Crippen molar-refractivity contribution in [3.63, 3.8) is 0 Å². The minimum absolute atomic E-state index is 0.0326. The van der Waals surface area contributed by atoms with E-state index in [1.54, 1.807) is 6.07 Å².